The predicted molar refractivity (Wildman–Crippen MR) is 138 cm³/mol. The van der Waals surface area contributed by atoms with Crippen LogP contribution in [0.2, 0.25) is 0 Å². The van der Waals surface area contributed by atoms with Crippen LogP contribution in [-0.4, -0.2) is 33.7 Å². The van der Waals surface area contributed by atoms with E-state index in [1.165, 1.54) is 0 Å². The lowest BCUT2D eigenvalue weighted by atomic mass is 9.98. The van der Waals surface area contributed by atoms with E-state index in [1.807, 2.05) is 6.92 Å². The van der Waals surface area contributed by atoms with Crippen molar-refractivity contribution in [3.05, 3.63) is 35.9 Å². The molecular weight excluding hydrogens is 512 g/mol. The van der Waals surface area contributed by atoms with E-state index in [0.29, 0.717) is 12.3 Å². The zero-order valence-corrected chi connectivity index (χ0v) is 22.6. The van der Waals surface area contributed by atoms with Gasteiger partial charge in [-0.05, 0) is 39.3 Å². The highest BCUT2D eigenvalue weighted by Gasteiger charge is 2.32. The van der Waals surface area contributed by atoms with Crippen LogP contribution in [0.4, 0.5) is 5.69 Å². The summed E-state index contributed by atoms with van der Waals surface area (Å²) in [6, 6.07) is 8.46. The minimum atomic E-state index is -4.43. The maximum absolute atomic E-state index is 12.9. The summed E-state index contributed by atoms with van der Waals surface area (Å²) in [5.74, 6) is -1.40. The van der Waals surface area contributed by atoms with Gasteiger partial charge in [-0.15, -0.1) is 25.3 Å². The molecule has 0 aliphatic heterocycles. The number of carbonyl (C=O) groups excluding carboxylic acids is 2. The monoisotopic (exact) mass is 542 g/mol. The number of hydrogen-bond donors (Lipinski definition) is 4. The highest BCUT2D eigenvalue weighted by Crippen LogP contribution is 2.46. The second kappa shape index (κ2) is 12.0. The molecule has 0 heterocycles. The third-order valence-corrected chi connectivity index (χ3v) is 6.64. The van der Waals surface area contributed by atoms with Crippen molar-refractivity contribution in [1.29, 1.82) is 0 Å². The van der Waals surface area contributed by atoms with Crippen molar-refractivity contribution < 1.29 is 32.2 Å². The minimum Gasteiger partial charge on any atom is -0.454 e. The van der Waals surface area contributed by atoms with E-state index >= 15 is 0 Å². The number of sulfonamides is 1. The fraction of sp³-hybridized carbons (Fsp3) is 0.391. The number of para-hydroxylation sites is 1. The Labute approximate surface area is 216 Å². The largest absolute Gasteiger partial charge is 0.454 e. The quantitative estimate of drug-likeness (QED) is 0.148. The summed E-state index contributed by atoms with van der Waals surface area (Å²) in [4.78, 5) is 24.1. The molecule has 0 amide bonds. The molecule has 9 nitrogen and oxygen atoms in total. The van der Waals surface area contributed by atoms with E-state index in [-0.39, 0.29) is 26.8 Å². The number of nitrogens with one attached hydrogen (secondary N) is 1. The first-order valence-electron chi connectivity index (χ1n) is 10.7. The van der Waals surface area contributed by atoms with E-state index in [9.17, 15) is 18.0 Å². The summed E-state index contributed by atoms with van der Waals surface area (Å²) in [5.41, 5.74) is -0.943. The van der Waals surface area contributed by atoms with Gasteiger partial charge in [0.2, 0.25) is 16.8 Å². The van der Waals surface area contributed by atoms with Gasteiger partial charge in [-0.2, -0.15) is 0 Å². The number of rotatable bonds is 10. The first-order valence-corrected chi connectivity index (χ1v) is 13.2. The Kier molecular flexibility index (Phi) is 9.90. The number of ether oxygens (including phenoxy) is 3. The van der Waals surface area contributed by atoms with Crippen molar-refractivity contribution in [3.63, 3.8) is 0 Å². The van der Waals surface area contributed by atoms with Gasteiger partial charge >= 0.3 is 11.9 Å². The van der Waals surface area contributed by atoms with Gasteiger partial charge in [-0.25, -0.2) is 18.4 Å². The molecule has 2 aromatic rings. The zero-order chi connectivity index (χ0) is 26.4. The summed E-state index contributed by atoms with van der Waals surface area (Å²) in [6.07, 6.45) is 1.60. The molecule has 2 aromatic carbocycles. The van der Waals surface area contributed by atoms with E-state index in [0.717, 1.165) is 12.8 Å². The molecule has 12 heteroatoms. The summed E-state index contributed by atoms with van der Waals surface area (Å²) >= 11 is 8.77. The Hall–Kier alpha value is -2.41. The van der Waals surface area contributed by atoms with Gasteiger partial charge in [0, 0.05) is 16.3 Å². The number of thiol groups is 2. The maximum Gasteiger partial charge on any atom is 0.343 e. The molecule has 0 radical (unpaired) electrons. The van der Waals surface area contributed by atoms with Crippen LogP contribution >= 0.6 is 25.3 Å². The van der Waals surface area contributed by atoms with Crippen LogP contribution in [0.5, 0.6) is 11.5 Å². The summed E-state index contributed by atoms with van der Waals surface area (Å²) in [5, 5.41) is 8.60. The SMILES string of the molecule is CCCCNc1c(S)c(C(=O)OCOC(=O)C(C)(C)C)c(S)c(S(N)(=O)=O)c1Oc1ccccc1. The van der Waals surface area contributed by atoms with E-state index in [4.69, 9.17) is 19.3 Å². The number of hydrogen-bond acceptors (Lipinski definition) is 10. The van der Waals surface area contributed by atoms with Gasteiger partial charge in [0.05, 0.1) is 16.7 Å². The molecular formula is C23H30N2O7S3. The summed E-state index contributed by atoms with van der Waals surface area (Å²) in [7, 11) is -4.43. The average molecular weight is 543 g/mol. The fourth-order valence-corrected chi connectivity index (χ4v) is 4.75. The van der Waals surface area contributed by atoms with E-state index < -0.39 is 39.1 Å². The number of unbranched alkanes of at least 4 members (excludes halogenated alkanes) is 1. The maximum atomic E-state index is 12.9. The lowest BCUT2D eigenvalue weighted by molar-refractivity contribution is -0.161. The van der Waals surface area contributed by atoms with Gasteiger partial charge in [0.15, 0.2) is 5.75 Å². The highest BCUT2D eigenvalue weighted by molar-refractivity contribution is 7.90. The highest BCUT2D eigenvalue weighted by atomic mass is 32.2. The lowest BCUT2D eigenvalue weighted by Gasteiger charge is -2.22. The van der Waals surface area contributed by atoms with Crippen molar-refractivity contribution in [1.82, 2.24) is 0 Å². The van der Waals surface area contributed by atoms with Gasteiger partial charge in [0.1, 0.15) is 10.6 Å². The van der Waals surface area contributed by atoms with Gasteiger partial charge in [-0.1, -0.05) is 31.5 Å². The number of primary sulfonamides is 1. The molecule has 0 atom stereocenters. The Morgan fingerprint density at radius 1 is 1.06 bits per heavy atom. The Morgan fingerprint density at radius 2 is 1.69 bits per heavy atom. The molecule has 0 spiro atoms. The van der Waals surface area contributed by atoms with Crippen LogP contribution in [0.3, 0.4) is 0 Å². The molecule has 0 saturated carbocycles. The van der Waals surface area contributed by atoms with Crippen molar-refractivity contribution in [2.45, 2.75) is 55.2 Å². The third-order valence-electron chi connectivity index (χ3n) is 4.64. The zero-order valence-electron chi connectivity index (χ0n) is 20.0. The molecule has 0 bridgehead atoms. The smallest absolute Gasteiger partial charge is 0.343 e. The van der Waals surface area contributed by atoms with Crippen molar-refractivity contribution in [2.24, 2.45) is 10.6 Å². The minimum absolute atomic E-state index is 0.0385. The number of benzene rings is 2. The molecule has 0 aliphatic carbocycles. The van der Waals surface area contributed by atoms with Crippen LogP contribution in [0.15, 0.2) is 45.0 Å². The van der Waals surface area contributed by atoms with Crippen molar-refractivity contribution in [2.75, 3.05) is 18.7 Å². The van der Waals surface area contributed by atoms with Crippen LogP contribution in [0.25, 0.3) is 0 Å². The molecule has 0 saturated heterocycles. The van der Waals surface area contributed by atoms with Crippen LogP contribution in [0.1, 0.15) is 50.9 Å². The van der Waals surface area contributed by atoms with Crippen LogP contribution in [-0.2, 0) is 24.3 Å². The second-order valence-corrected chi connectivity index (χ2v) is 11.0. The third kappa shape index (κ3) is 7.53. The molecule has 192 valence electrons. The Morgan fingerprint density at radius 3 is 2.23 bits per heavy atom. The summed E-state index contributed by atoms with van der Waals surface area (Å²) < 4.78 is 41.2. The second-order valence-electron chi connectivity index (χ2n) is 8.58. The standard InChI is InChI=1S/C23H30N2O7S3/c1-5-6-12-25-16-17(32-14-10-8-7-9-11-14)20(35(24,28)29)19(34)15(18(16)33)21(26)30-13-31-22(27)23(2,3)4/h7-11,25,33-34H,5-6,12-13H2,1-4H3,(H2,24,28,29). The number of anilines is 1. The van der Waals surface area contributed by atoms with Crippen LogP contribution in [0, 0.1) is 5.41 Å². The normalized spacial score (nSPS) is 11.6. The van der Waals surface area contributed by atoms with Crippen molar-refractivity contribution >= 4 is 52.9 Å². The first kappa shape index (κ1) is 28.8. The van der Waals surface area contributed by atoms with Gasteiger partial charge in [0.25, 0.3) is 0 Å². The van der Waals surface area contributed by atoms with E-state index in [1.54, 1.807) is 51.1 Å². The first-order chi connectivity index (χ1) is 16.3. The number of esters is 2. The topological polar surface area (TPSA) is 134 Å². The molecule has 3 N–H and O–H groups in total. The van der Waals surface area contributed by atoms with Gasteiger partial charge in [-0.3, -0.25) is 4.79 Å². The number of carbonyl (C=O) groups is 2. The van der Waals surface area contributed by atoms with E-state index in [2.05, 4.69) is 30.6 Å². The van der Waals surface area contributed by atoms with Crippen LogP contribution < -0.4 is 15.2 Å². The van der Waals surface area contributed by atoms with Crippen molar-refractivity contribution in [3.8, 4) is 11.5 Å². The molecule has 2 rings (SSSR count). The Balaban J connectivity index is 2.60. The number of nitrogens with two attached hydrogens (primary N) is 1. The lowest BCUT2D eigenvalue weighted by Crippen LogP contribution is -2.25. The fourth-order valence-electron chi connectivity index (χ4n) is 2.82. The molecule has 0 unspecified atom stereocenters. The molecule has 0 aliphatic rings. The molecule has 35 heavy (non-hydrogen) atoms. The average Bonchev–Trinajstić information content (AvgIpc) is 2.75. The Bertz CT molecular complexity index is 1180. The summed E-state index contributed by atoms with van der Waals surface area (Å²) in [6.45, 7) is 6.68. The molecule has 0 fully saturated rings. The predicted octanol–water partition coefficient (Wildman–Crippen LogP) is 4.62. The van der Waals surface area contributed by atoms with Gasteiger partial charge < -0.3 is 19.5 Å². The molecule has 0 aromatic heterocycles.